The van der Waals surface area contributed by atoms with Gasteiger partial charge in [0.15, 0.2) is 12.2 Å². The predicted molar refractivity (Wildman–Crippen MR) is 428 cm³/mol. The molecule has 0 aromatic rings. The van der Waals surface area contributed by atoms with Gasteiger partial charge in [-0.15, -0.1) is 0 Å². The molecule has 0 amide bonds. The topological polar surface area (TPSA) is 237 Å². The van der Waals surface area contributed by atoms with E-state index in [1.54, 1.807) is 0 Å². The highest BCUT2D eigenvalue weighted by atomic mass is 31.2. The minimum Gasteiger partial charge on any atom is -0.462 e. The minimum absolute atomic E-state index is 0.106. The summed E-state index contributed by atoms with van der Waals surface area (Å²) >= 11 is 0. The van der Waals surface area contributed by atoms with Crippen molar-refractivity contribution in [3.63, 3.8) is 0 Å². The fourth-order valence-corrected chi connectivity index (χ4v) is 14.8. The van der Waals surface area contributed by atoms with Gasteiger partial charge in [-0.2, -0.15) is 0 Å². The monoisotopic (exact) mass is 1520 g/mol. The highest BCUT2D eigenvalue weighted by molar-refractivity contribution is 7.47. The van der Waals surface area contributed by atoms with Gasteiger partial charge in [0, 0.05) is 25.7 Å². The van der Waals surface area contributed by atoms with Crippen molar-refractivity contribution in [2.75, 3.05) is 39.6 Å². The largest absolute Gasteiger partial charge is 0.472 e. The molecular weight excluding hydrogens is 1350 g/mol. The van der Waals surface area contributed by atoms with Crippen LogP contribution in [0.3, 0.4) is 0 Å². The Kier molecular flexibility index (Phi) is 75.0. The number of rotatable bonds is 84. The van der Waals surface area contributed by atoms with E-state index in [-0.39, 0.29) is 25.7 Å². The first-order valence-electron chi connectivity index (χ1n) is 44.0. The van der Waals surface area contributed by atoms with Crippen LogP contribution in [0.1, 0.15) is 452 Å². The third kappa shape index (κ3) is 78.2. The number of phosphoric ester groups is 2. The molecule has 0 aromatic heterocycles. The van der Waals surface area contributed by atoms with Crippen molar-refractivity contribution in [3.8, 4) is 0 Å². The van der Waals surface area contributed by atoms with E-state index in [1.165, 1.54) is 270 Å². The van der Waals surface area contributed by atoms with Crippen molar-refractivity contribution in [1.29, 1.82) is 0 Å². The van der Waals surface area contributed by atoms with Crippen LogP contribution in [0.2, 0.25) is 0 Å². The van der Waals surface area contributed by atoms with Gasteiger partial charge in [0.2, 0.25) is 0 Å². The Bertz CT molecular complexity index is 1990. The van der Waals surface area contributed by atoms with Crippen LogP contribution < -0.4 is 0 Å². The molecule has 104 heavy (non-hydrogen) atoms. The molecular formula is C85H166O17P2. The van der Waals surface area contributed by atoms with Gasteiger partial charge in [-0.05, 0) is 37.5 Å². The lowest BCUT2D eigenvalue weighted by molar-refractivity contribution is -0.161. The summed E-state index contributed by atoms with van der Waals surface area (Å²) in [5.74, 6) is -0.595. The van der Waals surface area contributed by atoms with Gasteiger partial charge < -0.3 is 33.8 Å². The van der Waals surface area contributed by atoms with Crippen LogP contribution >= 0.6 is 15.6 Å². The summed E-state index contributed by atoms with van der Waals surface area (Å²) in [7, 11) is -9.93. The molecule has 0 radical (unpaired) electrons. The summed E-state index contributed by atoms with van der Waals surface area (Å²) in [6.45, 7) is 9.64. The smallest absolute Gasteiger partial charge is 0.462 e. The van der Waals surface area contributed by atoms with Crippen molar-refractivity contribution in [2.24, 2.45) is 11.8 Å². The van der Waals surface area contributed by atoms with Crippen LogP contribution in [0.5, 0.6) is 0 Å². The number of hydrogen-bond acceptors (Lipinski definition) is 15. The van der Waals surface area contributed by atoms with E-state index >= 15 is 0 Å². The molecule has 5 atom stereocenters. The van der Waals surface area contributed by atoms with Crippen LogP contribution in [0.15, 0.2) is 0 Å². The zero-order valence-corrected chi connectivity index (χ0v) is 70.1. The molecule has 0 aromatic carbocycles. The van der Waals surface area contributed by atoms with Gasteiger partial charge in [0.05, 0.1) is 26.4 Å². The molecule has 0 fully saturated rings. The number of aliphatic hydroxyl groups excluding tert-OH is 1. The zero-order chi connectivity index (χ0) is 76.4. The van der Waals surface area contributed by atoms with Crippen LogP contribution in [-0.2, 0) is 65.4 Å². The second-order valence-electron chi connectivity index (χ2n) is 31.5. The van der Waals surface area contributed by atoms with Gasteiger partial charge in [-0.25, -0.2) is 9.13 Å². The van der Waals surface area contributed by atoms with E-state index in [0.29, 0.717) is 25.7 Å². The molecule has 0 aliphatic heterocycles. The standard InChI is InChI=1S/C85H166O17P2/c1-7-9-11-13-15-17-19-21-23-25-26-27-28-29-30-32-34-38-44-51-57-63-69-84(89)101-80(73-95-82(87)67-61-55-49-43-37-33-31-24-22-20-18-16-14-12-10-8-2)75-99-103(91,92)97-71-79(86)72-98-104(93,94)100-76-81(74-96-83(88)68-62-56-50-46-40-42-48-54-60-66-78(5)6)102-85(90)70-64-58-52-45-39-35-36-41-47-53-59-65-77(3)4/h77-81,86H,7-76H2,1-6H3,(H,91,92)(H,93,94)/t79-,80-,81-/m1/s1. The normalized spacial score (nSPS) is 13.8. The number of unbranched alkanes of at least 4 members (excludes halogenated alkanes) is 54. The van der Waals surface area contributed by atoms with Crippen molar-refractivity contribution >= 4 is 39.5 Å². The first-order chi connectivity index (χ1) is 50.4. The quantitative estimate of drug-likeness (QED) is 0.0222. The molecule has 0 spiro atoms. The molecule has 0 aliphatic rings. The fraction of sp³-hybridized carbons (Fsp3) is 0.953. The summed E-state index contributed by atoms with van der Waals surface area (Å²) in [6.07, 6.45) is 68.1. The number of hydrogen-bond donors (Lipinski definition) is 3. The Balaban J connectivity index is 5.23. The predicted octanol–water partition coefficient (Wildman–Crippen LogP) is 25.8. The number of carbonyl (C=O) groups is 4. The van der Waals surface area contributed by atoms with E-state index in [9.17, 15) is 43.2 Å². The third-order valence-corrected chi connectivity index (χ3v) is 21.9. The molecule has 0 bridgehead atoms. The van der Waals surface area contributed by atoms with Crippen LogP contribution in [-0.4, -0.2) is 96.7 Å². The van der Waals surface area contributed by atoms with Gasteiger partial charge in [0.1, 0.15) is 19.3 Å². The van der Waals surface area contributed by atoms with Crippen LogP contribution in [0, 0.1) is 11.8 Å². The molecule has 0 heterocycles. The van der Waals surface area contributed by atoms with Crippen LogP contribution in [0.4, 0.5) is 0 Å². The van der Waals surface area contributed by atoms with Gasteiger partial charge in [0.25, 0.3) is 0 Å². The number of phosphoric acid groups is 2. The molecule has 3 N–H and O–H groups in total. The summed E-state index contributed by atoms with van der Waals surface area (Å²) in [6, 6.07) is 0. The minimum atomic E-state index is -4.96. The first kappa shape index (κ1) is 102. The molecule has 2 unspecified atom stereocenters. The fourth-order valence-electron chi connectivity index (χ4n) is 13.2. The van der Waals surface area contributed by atoms with Crippen LogP contribution in [0.25, 0.3) is 0 Å². The van der Waals surface area contributed by atoms with Crippen molar-refractivity contribution in [1.82, 2.24) is 0 Å². The maximum atomic E-state index is 13.1. The Morgan fingerprint density at radius 1 is 0.260 bits per heavy atom. The van der Waals surface area contributed by atoms with E-state index in [2.05, 4.69) is 41.5 Å². The number of carbonyl (C=O) groups excluding carboxylic acids is 4. The summed E-state index contributed by atoms with van der Waals surface area (Å²) in [4.78, 5) is 73.2. The van der Waals surface area contributed by atoms with Gasteiger partial charge >= 0.3 is 39.5 Å². The lowest BCUT2D eigenvalue weighted by Crippen LogP contribution is -2.30. The van der Waals surface area contributed by atoms with Crippen molar-refractivity contribution in [2.45, 2.75) is 471 Å². The Hall–Kier alpha value is -1.94. The SMILES string of the molecule is CCCCCCCCCCCCCCCCCCCCCCCCC(=O)O[C@H](COC(=O)CCCCCCCCCCCCCCCCCC)COP(=O)(O)OC[C@@H](O)COP(=O)(O)OC[C@@H](COC(=O)CCCCCCCCCCCC(C)C)OC(=O)CCCCCCCCCCCCCC(C)C. The number of esters is 4. The third-order valence-electron chi connectivity index (χ3n) is 20.0. The highest BCUT2D eigenvalue weighted by Crippen LogP contribution is 2.45. The first-order valence-corrected chi connectivity index (χ1v) is 47.0. The van der Waals surface area contributed by atoms with E-state index < -0.39 is 97.5 Å². The summed E-state index contributed by atoms with van der Waals surface area (Å²) < 4.78 is 68.9. The van der Waals surface area contributed by atoms with Crippen molar-refractivity contribution < 1.29 is 80.2 Å². The Morgan fingerprint density at radius 2 is 0.442 bits per heavy atom. The zero-order valence-electron chi connectivity index (χ0n) is 68.3. The second-order valence-corrected chi connectivity index (χ2v) is 34.4. The average molecular weight is 1520 g/mol. The molecule has 0 saturated carbocycles. The molecule has 618 valence electrons. The van der Waals surface area contributed by atoms with E-state index in [1.807, 2.05) is 0 Å². The summed E-state index contributed by atoms with van der Waals surface area (Å²) in [5.41, 5.74) is 0. The molecule has 0 saturated heterocycles. The number of aliphatic hydroxyl groups is 1. The van der Waals surface area contributed by atoms with E-state index in [0.717, 1.165) is 102 Å². The number of ether oxygens (including phenoxy) is 4. The van der Waals surface area contributed by atoms with Gasteiger partial charge in [-0.3, -0.25) is 37.3 Å². The Morgan fingerprint density at radius 3 is 0.654 bits per heavy atom. The Labute approximate surface area is 638 Å². The van der Waals surface area contributed by atoms with Gasteiger partial charge in [-0.1, -0.05) is 401 Å². The molecule has 0 rings (SSSR count). The van der Waals surface area contributed by atoms with Crippen molar-refractivity contribution in [3.05, 3.63) is 0 Å². The lowest BCUT2D eigenvalue weighted by atomic mass is 10.0. The molecule has 0 aliphatic carbocycles. The highest BCUT2D eigenvalue weighted by Gasteiger charge is 2.30. The second kappa shape index (κ2) is 76.4. The lowest BCUT2D eigenvalue weighted by Gasteiger charge is -2.21. The molecule has 19 heteroatoms. The maximum Gasteiger partial charge on any atom is 0.472 e. The van der Waals surface area contributed by atoms with E-state index in [4.69, 9.17) is 37.0 Å². The average Bonchev–Trinajstić information content (AvgIpc) is 0.905. The molecule has 17 nitrogen and oxygen atoms in total. The maximum absolute atomic E-state index is 13.1. The summed E-state index contributed by atoms with van der Waals surface area (Å²) in [5, 5.41) is 10.7.